The van der Waals surface area contributed by atoms with Crippen molar-refractivity contribution in [2.45, 2.75) is 6.18 Å². The predicted molar refractivity (Wildman–Crippen MR) is 100 cm³/mol. The molecule has 4 aromatic rings. The Labute approximate surface area is 162 Å². The van der Waals surface area contributed by atoms with Crippen LogP contribution in [0.1, 0.15) is 15.9 Å². The molecule has 146 valence electrons. The van der Waals surface area contributed by atoms with Gasteiger partial charge in [0.15, 0.2) is 5.82 Å². The van der Waals surface area contributed by atoms with Gasteiger partial charge in [-0.15, -0.1) is 0 Å². The van der Waals surface area contributed by atoms with Crippen LogP contribution in [0.25, 0.3) is 16.8 Å². The van der Waals surface area contributed by atoms with Crippen molar-refractivity contribution in [3.8, 4) is 11.1 Å². The molecule has 0 bridgehead atoms. The number of carbonyl (C=O) groups is 1. The molecule has 0 aliphatic carbocycles. The molecule has 1 amide bonds. The van der Waals surface area contributed by atoms with Crippen molar-refractivity contribution in [3.05, 3.63) is 72.4 Å². The van der Waals surface area contributed by atoms with E-state index < -0.39 is 17.6 Å². The lowest BCUT2D eigenvalue weighted by atomic mass is 10.1. The number of alkyl halides is 3. The highest BCUT2D eigenvalue weighted by molar-refractivity contribution is 6.03. The van der Waals surface area contributed by atoms with Crippen LogP contribution in [0.5, 0.6) is 0 Å². The minimum atomic E-state index is -4.60. The van der Waals surface area contributed by atoms with Gasteiger partial charge in [-0.2, -0.15) is 13.2 Å². The van der Waals surface area contributed by atoms with E-state index in [4.69, 9.17) is 5.73 Å². The molecular formula is C19H13F3N6O. The summed E-state index contributed by atoms with van der Waals surface area (Å²) >= 11 is 0. The van der Waals surface area contributed by atoms with Gasteiger partial charge in [0.25, 0.3) is 5.91 Å². The normalized spacial score (nSPS) is 11.6. The molecular weight excluding hydrogens is 385 g/mol. The van der Waals surface area contributed by atoms with Gasteiger partial charge in [0.2, 0.25) is 0 Å². The number of hydrogen-bond donors (Lipinski definition) is 2. The summed E-state index contributed by atoms with van der Waals surface area (Å²) in [6.07, 6.45) is 2.83. The summed E-state index contributed by atoms with van der Waals surface area (Å²) in [5.74, 6) is -0.630. The third kappa shape index (κ3) is 3.72. The molecule has 10 heteroatoms. The van der Waals surface area contributed by atoms with E-state index in [9.17, 15) is 18.0 Å². The standard InChI is InChI=1S/C19H13F3N6O/c20-19(21,22)14-7-13(8-25-17(14)23)12-1-2-16-26-15(10-28(16)9-12)27-18(29)11-3-5-24-6-4-11/h1-10H,(H2,23,25)(H,27,29). The Kier molecular flexibility index (Phi) is 4.38. The minimum absolute atomic E-state index is 0.254. The lowest BCUT2D eigenvalue weighted by Crippen LogP contribution is -2.11. The second-order valence-electron chi connectivity index (χ2n) is 6.15. The number of hydrogen-bond acceptors (Lipinski definition) is 5. The molecule has 0 spiro atoms. The summed E-state index contributed by atoms with van der Waals surface area (Å²) in [5.41, 5.74) is 6.03. The van der Waals surface area contributed by atoms with Crippen molar-refractivity contribution in [2.24, 2.45) is 0 Å². The van der Waals surface area contributed by atoms with Crippen LogP contribution in [0.2, 0.25) is 0 Å². The van der Waals surface area contributed by atoms with E-state index in [1.807, 2.05) is 0 Å². The van der Waals surface area contributed by atoms with Gasteiger partial charge in [0.1, 0.15) is 11.5 Å². The Balaban J connectivity index is 1.65. The molecule has 3 N–H and O–H groups in total. The number of imidazole rings is 1. The zero-order valence-corrected chi connectivity index (χ0v) is 14.7. The first-order chi connectivity index (χ1) is 13.8. The monoisotopic (exact) mass is 398 g/mol. The zero-order chi connectivity index (χ0) is 20.6. The summed E-state index contributed by atoms with van der Waals surface area (Å²) in [6.45, 7) is 0. The largest absolute Gasteiger partial charge is 0.419 e. The average molecular weight is 398 g/mol. The van der Waals surface area contributed by atoms with Gasteiger partial charge in [-0.25, -0.2) is 9.97 Å². The average Bonchev–Trinajstić information content (AvgIpc) is 3.09. The highest BCUT2D eigenvalue weighted by Gasteiger charge is 2.34. The van der Waals surface area contributed by atoms with E-state index in [2.05, 4.69) is 20.3 Å². The maximum atomic E-state index is 13.1. The number of amides is 1. The second kappa shape index (κ2) is 6.89. The van der Waals surface area contributed by atoms with Gasteiger partial charge in [-0.1, -0.05) is 0 Å². The van der Waals surface area contributed by atoms with Gasteiger partial charge in [0.05, 0.1) is 11.8 Å². The molecule has 0 atom stereocenters. The fraction of sp³-hybridized carbons (Fsp3) is 0.0526. The first-order valence-electron chi connectivity index (χ1n) is 8.34. The summed E-state index contributed by atoms with van der Waals surface area (Å²) in [4.78, 5) is 24.0. The predicted octanol–water partition coefficient (Wildman–Crippen LogP) is 3.64. The number of anilines is 2. The molecule has 0 saturated heterocycles. The molecule has 0 fully saturated rings. The molecule has 29 heavy (non-hydrogen) atoms. The van der Waals surface area contributed by atoms with E-state index >= 15 is 0 Å². The maximum Gasteiger partial charge on any atom is 0.419 e. The fourth-order valence-electron chi connectivity index (χ4n) is 2.77. The van der Waals surface area contributed by atoms with Crippen LogP contribution in [0.3, 0.4) is 0 Å². The molecule has 4 heterocycles. The van der Waals surface area contributed by atoms with Crippen molar-refractivity contribution < 1.29 is 18.0 Å². The molecule has 0 aliphatic rings. The van der Waals surface area contributed by atoms with Crippen LogP contribution in [0.4, 0.5) is 24.8 Å². The lowest BCUT2D eigenvalue weighted by Gasteiger charge is -2.11. The SMILES string of the molecule is Nc1ncc(-c2ccc3nc(NC(=O)c4ccncc4)cn3c2)cc1C(F)(F)F. The summed E-state index contributed by atoms with van der Waals surface area (Å²) in [7, 11) is 0. The minimum Gasteiger partial charge on any atom is -0.383 e. The van der Waals surface area contributed by atoms with E-state index in [0.29, 0.717) is 22.6 Å². The van der Waals surface area contributed by atoms with Crippen molar-refractivity contribution >= 4 is 23.2 Å². The number of halogens is 3. The first-order valence-corrected chi connectivity index (χ1v) is 8.34. The number of nitrogens with one attached hydrogen (secondary N) is 1. The van der Waals surface area contributed by atoms with Crippen LogP contribution in [-0.4, -0.2) is 25.3 Å². The highest BCUT2D eigenvalue weighted by Crippen LogP contribution is 2.35. The summed E-state index contributed by atoms with van der Waals surface area (Å²) in [6, 6.07) is 7.32. The second-order valence-corrected chi connectivity index (χ2v) is 6.15. The molecule has 0 saturated carbocycles. The Hall–Kier alpha value is -3.95. The summed E-state index contributed by atoms with van der Waals surface area (Å²) < 4.78 is 40.8. The topological polar surface area (TPSA) is 98.2 Å². The third-order valence-corrected chi connectivity index (χ3v) is 4.19. The number of aromatic nitrogens is 4. The smallest absolute Gasteiger partial charge is 0.383 e. The van der Waals surface area contributed by atoms with Crippen molar-refractivity contribution in [3.63, 3.8) is 0 Å². The molecule has 0 aliphatic heterocycles. The number of carbonyl (C=O) groups excluding carboxylic acids is 1. The van der Waals surface area contributed by atoms with Crippen LogP contribution in [-0.2, 0) is 6.18 Å². The van der Waals surface area contributed by atoms with E-state index in [1.54, 1.807) is 41.1 Å². The van der Waals surface area contributed by atoms with Crippen LogP contribution in [0, 0.1) is 0 Å². The van der Waals surface area contributed by atoms with E-state index in [0.717, 1.165) is 6.07 Å². The van der Waals surface area contributed by atoms with Crippen molar-refractivity contribution in [2.75, 3.05) is 11.1 Å². The quantitative estimate of drug-likeness (QED) is 0.549. The first kappa shape index (κ1) is 18.4. The Morgan fingerprint density at radius 3 is 2.55 bits per heavy atom. The molecule has 4 rings (SSSR count). The van der Waals surface area contributed by atoms with Crippen molar-refractivity contribution in [1.82, 2.24) is 19.4 Å². The Bertz CT molecular complexity index is 1200. The van der Waals surface area contributed by atoms with Gasteiger partial charge in [0, 0.05) is 41.5 Å². The molecule has 0 aromatic carbocycles. The van der Waals surface area contributed by atoms with E-state index in [1.165, 1.54) is 18.6 Å². The number of nitrogen functional groups attached to an aromatic ring is 1. The van der Waals surface area contributed by atoms with Gasteiger partial charge >= 0.3 is 6.18 Å². The van der Waals surface area contributed by atoms with E-state index in [-0.39, 0.29) is 11.5 Å². The van der Waals surface area contributed by atoms with Gasteiger partial charge in [-0.05, 0) is 30.3 Å². The number of fused-ring (bicyclic) bond motifs is 1. The maximum absolute atomic E-state index is 13.1. The highest BCUT2D eigenvalue weighted by atomic mass is 19.4. The third-order valence-electron chi connectivity index (χ3n) is 4.19. The zero-order valence-electron chi connectivity index (χ0n) is 14.7. The van der Waals surface area contributed by atoms with Crippen LogP contribution >= 0.6 is 0 Å². The van der Waals surface area contributed by atoms with Gasteiger partial charge in [-0.3, -0.25) is 9.78 Å². The van der Waals surface area contributed by atoms with Crippen LogP contribution in [0.15, 0.2) is 61.3 Å². The molecule has 0 radical (unpaired) electrons. The van der Waals surface area contributed by atoms with Gasteiger partial charge < -0.3 is 15.5 Å². The molecule has 4 aromatic heterocycles. The Morgan fingerprint density at radius 1 is 1.07 bits per heavy atom. The lowest BCUT2D eigenvalue weighted by molar-refractivity contribution is -0.137. The number of nitrogens with zero attached hydrogens (tertiary/aromatic N) is 4. The number of rotatable bonds is 3. The Morgan fingerprint density at radius 2 is 1.83 bits per heavy atom. The molecule has 7 nitrogen and oxygen atoms in total. The summed E-state index contributed by atoms with van der Waals surface area (Å²) in [5, 5.41) is 2.67. The fourth-order valence-corrected chi connectivity index (χ4v) is 2.77. The number of nitrogens with two attached hydrogens (primary N) is 1. The molecule has 0 unspecified atom stereocenters. The van der Waals surface area contributed by atoms with Crippen molar-refractivity contribution in [1.29, 1.82) is 0 Å². The number of pyridine rings is 3. The van der Waals surface area contributed by atoms with Crippen LogP contribution < -0.4 is 11.1 Å².